The molecule has 30 heavy (non-hydrogen) atoms. The second kappa shape index (κ2) is 7.79. The highest BCUT2D eigenvalue weighted by Crippen LogP contribution is 2.28. The average Bonchev–Trinajstić information content (AvgIpc) is 3.37. The molecule has 1 fully saturated rings. The minimum absolute atomic E-state index is 0.294. The zero-order valence-electron chi connectivity index (χ0n) is 17.5. The molecule has 4 rings (SSSR count). The molecule has 0 N–H and O–H groups in total. The number of sulfone groups is 1. The third kappa shape index (κ3) is 3.81. The van der Waals surface area contributed by atoms with E-state index in [4.69, 9.17) is 4.42 Å². The Hall–Kier alpha value is -2.81. The molecular weight excluding hydrogens is 402 g/mol. The number of anilines is 1. The second-order valence-electron chi connectivity index (χ2n) is 8.04. The van der Waals surface area contributed by atoms with Crippen molar-refractivity contribution in [2.24, 2.45) is 5.92 Å². The first-order valence-electron chi connectivity index (χ1n) is 10.0. The molecule has 0 saturated carbocycles. The molecule has 9 heteroatoms. The van der Waals surface area contributed by atoms with Crippen LogP contribution in [0.4, 0.5) is 6.01 Å². The molecular formula is C21H25N5O3S. The van der Waals surface area contributed by atoms with Gasteiger partial charge in [-0.2, -0.15) is 0 Å². The molecule has 0 radical (unpaired) electrons. The predicted molar refractivity (Wildman–Crippen MR) is 114 cm³/mol. The fourth-order valence-corrected chi connectivity index (χ4v) is 4.49. The monoisotopic (exact) mass is 427 g/mol. The lowest BCUT2D eigenvalue weighted by Crippen LogP contribution is -2.19. The summed E-state index contributed by atoms with van der Waals surface area (Å²) in [5, 5.41) is 7.89. The van der Waals surface area contributed by atoms with Crippen LogP contribution in [-0.2, 0) is 9.84 Å². The third-order valence-corrected chi connectivity index (χ3v) is 7.54. The van der Waals surface area contributed by atoms with Crippen LogP contribution in [0.1, 0.15) is 32.9 Å². The quantitative estimate of drug-likeness (QED) is 0.609. The number of aromatic nitrogens is 4. The van der Waals surface area contributed by atoms with E-state index in [0.29, 0.717) is 39.8 Å². The van der Waals surface area contributed by atoms with E-state index >= 15 is 0 Å². The van der Waals surface area contributed by atoms with Crippen LogP contribution in [0.2, 0.25) is 0 Å². The fourth-order valence-electron chi connectivity index (χ4n) is 3.43. The van der Waals surface area contributed by atoms with Gasteiger partial charge in [-0.1, -0.05) is 24.2 Å². The molecule has 1 aliphatic rings. The number of nitrogens with zero attached hydrogens (tertiary/aromatic N) is 5. The lowest BCUT2D eigenvalue weighted by Gasteiger charge is -2.11. The van der Waals surface area contributed by atoms with Crippen molar-refractivity contribution in [3.63, 3.8) is 0 Å². The lowest BCUT2D eigenvalue weighted by atomic mass is 10.1. The molecule has 158 valence electrons. The molecule has 2 aromatic heterocycles. The average molecular weight is 428 g/mol. The van der Waals surface area contributed by atoms with Crippen LogP contribution in [0.3, 0.4) is 0 Å². The highest BCUT2D eigenvalue weighted by atomic mass is 32.2. The van der Waals surface area contributed by atoms with E-state index in [1.54, 1.807) is 44.3 Å². The van der Waals surface area contributed by atoms with Gasteiger partial charge in [0.25, 0.3) is 5.89 Å². The highest BCUT2D eigenvalue weighted by Gasteiger charge is 2.25. The van der Waals surface area contributed by atoms with Crippen LogP contribution < -0.4 is 4.90 Å². The van der Waals surface area contributed by atoms with Crippen molar-refractivity contribution in [3.8, 4) is 22.8 Å². The molecule has 1 aromatic carbocycles. The van der Waals surface area contributed by atoms with Gasteiger partial charge in [0.2, 0.25) is 0 Å². The summed E-state index contributed by atoms with van der Waals surface area (Å²) < 4.78 is 30.6. The van der Waals surface area contributed by atoms with Gasteiger partial charge in [0.1, 0.15) is 5.69 Å². The summed E-state index contributed by atoms with van der Waals surface area (Å²) in [5.74, 6) is 0.933. The normalized spacial score (nSPS) is 17.1. The van der Waals surface area contributed by atoms with E-state index in [1.807, 2.05) is 6.92 Å². The standard InChI is InChI=1S/C21H25N5O3S/c1-13(2)30(27,28)17-7-5-16(6-8-17)18-11-22-15(4)19(23-18)20-24-25-21(29-20)26-10-9-14(3)12-26/h5-8,11,13-14H,9-10,12H2,1-4H3. The van der Waals surface area contributed by atoms with E-state index in [-0.39, 0.29) is 0 Å². The lowest BCUT2D eigenvalue weighted by molar-refractivity contribution is 0.550. The van der Waals surface area contributed by atoms with Gasteiger partial charge < -0.3 is 9.32 Å². The van der Waals surface area contributed by atoms with E-state index in [0.717, 1.165) is 25.1 Å². The summed E-state index contributed by atoms with van der Waals surface area (Å²) in [4.78, 5) is 11.5. The Morgan fingerprint density at radius 1 is 1.17 bits per heavy atom. The van der Waals surface area contributed by atoms with Crippen molar-refractivity contribution < 1.29 is 12.8 Å². The van der Waals surface area contributed by atoms with E-state index in [2.05, 4.69) is 32.0 Å². The zero-order valence-corrected chi connectivity index (χ0v) is 18.3. The van der Waals surface area contributed by atoms with Gasteiger partial charge in [0.05, 0.1) is 27.7 Å². The van der Waals surface area contributed by atoms with Gasteiger partial charge in [-0.05, 0) is 45.2 Å². The van der Waals surface area contributed by atoms with Crippen molar-refractivity contribution in [1.29, 1.82) is 0 Å². The Morgan fingerprint density at radius 2 is 1.90 bits per heavy atom. The molecule has 3 heterocycles. The minimum atomic E-state index is -3.32. The molecule has 1 atom stereocenters. The summed E-state index contributed by atoms with van der Waals surface area (Å²) in [6.45, 7) is 9.18. The molecule has 1 aliphatic heterocycles. The first kappa shape index (κ1) is 20.5. The number of aryl methyl sites for hydroxylation is 1. The van der Waals surface area contributed by atoms with Crippen LogP contribution in [0, 0.1) is 12.8 Å². The maximum atomic E-state index is 12.3. The van der Waals surface area contributed by atoms with Crippen molar-refractivity contribution in [2.45, 2.75) is 44.3 Å². The van der Waals surface area contributed by atoms with Gasteiger partial charge in [-0.25, -0.2) is 13.4 Å². The van der Waals surface area contributed by atoms with Crippen LogP contribution in [0.15, 0.2) is 39.8 Å². The summed E-state index contributed by atoms with van der Waals surface area (Å²) in [7, 11) is -3.32. The first-order valence-corrected chi connectivity index (χ1v) is 11.6. The predicted octanol–water partition coefficient (Wildman–Crippen LogP) is 3.53. The Morgan fingerprint density at radius 3 is 2.53 bits per heavy atom. The van der Waals surface area contributed by atoms with Crippen molar-refractivity contribution in [1.82, 2.24) is 20.2 Å². The fraction of sp³-hybridized carbons (Fsp3) is 0.429. The molecule has 0 aliphatic carbocycles. The summed E-state index contributed by atoms with van der Waals surface area (Å²) in [6, 6.07) is 7.19. The van der Waals surface area contributed by atoms with Gasteiger partial charge in [-0.15, -0.1) is 5.10 Å². The van der Waals surface area contributed by atoms with Gasteiger partial charge >= 0.3 is 6.01 Å². The van der Waals surface area contributed by atoms with E-state index in [1.165, 1.54) is 0 Å². The molecule has 0 amide bonds. The number of rotatable bonds is 5. The van der Waals surface area contributed by atoms with Crippen molar-refractivity contribution in [2.75, 3.05) is 18.0 Å². The SMILES string of the molecule is Cc1ncc(-c2ccc(S(=O)(=O)C(C)C)cc2)nc1-c1nnc(N2CCC(C)C2)o1. The Labute approximate surface area is 176 Å². The van der Waals surface area contributed by atoms with Crippen LogP contribution in [0.25, 0.3) is 22.8 Å². The molecule has 8 nitrogen and oxygen atoms in total. The number of hydrogen-bond donors (Lipinski definition) is 0. The Bertz CT molecular complexity index is 1160. The summed E-state index contributed by atoms with van der Waals surface area (Å²) in [5.41, 5.74) is 2.58. The van der Waals surface area contributed by atoms with Gasteiger partial charge in [0, 0.05) is 18.7 Å². The number of hydrogen-bond acceptors (Lipinski definition) is 8. The second-order valence-corrected chi connectivity index (χ2v) is 10.5. The van der Waals surface area contributed by atoms with Gasteiger partial charge in [0.15, 0.2) is 9.84 Å². The van der Waals surface area contributed by atoms with E-state index in [9.17, 15) is 8.42 Å². The van der Waals surface area contributed by atoms with Crippen LogP contribution in [-0.4, -0.2) is 46.9 Å². The minimum Gasteiger partial charge on any atom is -0.401 e. The van der Waals surface area contributed by atoms with E-state index < -0.39 is 15.1 Å². The maximum absolute atomic E-state index is 12.3. The Balaban J connectivity index is 1.64. The van der Waals surface area contributed by atoms with Crippen molar-refractivity contribution in [3.05, 3.63) is 36.2 Å². The largest absolute Gasteiger partial charge is 0.401 e. The van der Waals surface area contributed by atoms with Gasteiger partial charge in [-0.3, -0.25) is 4.98 Å². The highest BCUT2D eigenvalue weighted by molar-refractivity contribution is 7.92. The van der Waals surface area contributed by atoms with Crippen LogP contribution >= 0.6 is 0 Å². The molecule has 0 bridgehead atoms. The molecule has 1 saturated heterocycles. The van der Waals surface area contributed by atoms with Crippen LogP contribution in [0.5, 0.6) is 0 Å². The zero-order chi connectivity index (χ0) is 21.5. The summed E-state index contributed by atoms with van der Waals surface area (Å²) >= 11 is 0. The first-order chi connectivity index (χ1) is 14.3. The number of benzene rings is 1. The molecule has 3 aromatic rings. The molecule has 1 unspecified atom stereocenters. The van der Waals surface area contributed by atoms with Crippen molar-refractivity contribution >= 4 is 15.9 Å². The molecule has 0 spiro atoms. The topological polar surface area (TPSA) is 102 Å². The summed E-state index contributed by atoms with van der Waals surface area (Å²) in [6.07, 6.45) is 2.76. The Kier molecular flexibility index (Phi) is 5.31. The smallest absolute Gasteiger partial charge is 0.318 e. The third-order valence-electron chi connectivity index (χ3n) is 5.37. The maximum Gasteiger partial charge on any atom is 0.318 e.